The van der Waals surface area contributed by atoms with Crippen LogP contribution in [0.2, 0.25) is 0 Å². The van der Waals surface area contributed by atoms with Crippen molar-refractivity contribution in [3.05, 3.63) is 29.8 Å². The molecule has 0 spiro atoms. The van der Waals surface area contributed by atoms with Gasteiger partial charge in [-0.3, -0.25) is 9.69 Å². The number of benzene rings is 1. The second-order valence-corrected chi connectivity index (χ2v) is 5.58. The minimum atomic E-state index is -2.83. The van der Waals surface area contributed by atoms with Gasteiger partial charge in [-0.05, 0) is 44.0 Å². The summed E-state index contributed by atoms with van der Waals surface area (Å²) >= 11 is 0. The highest BCUT2D eigenvalue weighted by Gasteiger charge is 2.19. The molecule has 4 nitrogen and oxygen atoms in total. The van der Waals surface area contributed by atoms with Crippen LogP contribution in [0.25, 0.3) is 0 Å². The molecular weight excluding hydrogens is 290 g/mol. The first-order chi connectivity index (χ1) is 10.5. The highest BCUT2D eigenvalue weighted by atomic mass is 19.3. The zero-order valence-electron chi connectivity index (χ0n) is 12.7. The van der Waals surface area contributed by atoms with E-state index in [0.717, 1.165) is 18.7 Å². The number of ether oxygens (including phenoxy) is 1. The number of halogens is 2. The smallest absolute Gasteiger partial charge is 0.387 e. The standard InChI is InChI=1S/C16H22F2N2O2/c1-12-3-2-9-20(12)10-8-19-15(21)11-13-4-6-14(7-5-13)22-16(17)18/h4-7,12,16H,2-3,8-11H2,1H3,(H,19,21)/t12-/m0/s1. The first kappa shape index (κ1) is 16.7. The van der Waals surface area contributed by atoms with Crippen molar-refractivity contribution in [3.8, 4) is 5.75 Å². The highest BCUT2D eigenvalue weighted by Crippen LogP contribution is 2.16. The third kappa shape index (κ3) is 5.26. The predicted octanol–water partition coefficient (Wildman–Crippen LogP) is 2.43. The maximum absolute atomic E-state index is 12.0. The Bertz CT molecular complexity index is 480. The molecule has 1 aromatic rings. The van der Waals surface area contributed by atoms with Gasteiger partial charge in [0.05, 0.1) is 6.42 Å². The first-order valence-corrected chi connectivity index (χ1v) is 7.59. The van der Waals surface area contributed by atoms with Gasteiger partial charge in [0.15, 0.2) is 0 Å². The number of carbonyl (C=O) groups excluding carboxylic acids is 1. The lowest BCUT2D eigenvalue weighted by atomic mass is 10.1. The van der Waals surface area contributed by atoms with Gasteiger partial charge < -0.3 is 10.1 Å². The molecule has 0 radical (unpaired) electrons. The largest absolute Gasteiger partial charge is 0.435 e. The Labute approximate surface area is 129 Å². The lowest BCUT2D eigenvalue weighted by Crippen LogP contribution is -2.37. The van der Waals surface area contributed by atoms with E-state index in [1.165, 1.54) is 25.0 Å². The summed E-state index contributed by atoms with van der Waals surface area (Å²) in [6, 6.07) is 6.74. The molecule has 1 saturated heterocycles. The molecule has 1 amide bonds. The fraction of sp³-hybridized carbons (Fsp3) is 0.562. The van der Waals surface area contributed by atoms with Crippen molar-refractivity contribution in [3.63, 3.8) is 0 Å². The van der Waals surface area contributed by atoms with E-state index in [2.05, 4.69) is 21.9 Å². The van der Waals surface area contributed by atoms with Gasteiger partial charge in [-0.15, -0.1) is 0 Å². The molecule has 6 heteroatoms. The summed E-state index contributed by atoms with van der Waals surface area (Å²) in [5.74, 6) is 0.0385. The molecule has 0 aliphatic carbocycles. The van der Waals surface area contributed by atoms with Gasteiger partial charge in [0.2, 0.25) is 5.91 Å². The van der Waals surface area contributed by atoms with Gasteiger partial charge in [0.1, 0.15) is 5.75 Å². The number of carbonyl (C=O) groups is 1. The van der Waals surface area contributed by atoms with Crippen LogP contribution in [0.1, 0.15) is 25.3 Å². The summed E-state index contributed by atoms with van der Waals surface area (Å²) in [5.41, 5.74) is 0.772. The van der Waals surface area contributed by atoms with Gasteiger partial charge in [-0.25, -0.2) is 0 Å². The molecule has 1 heterocycles. The summed E-state index contributed by atoms with van der Waals surface area (Å²) in [6.45, 7) is 1.98. The summed E-state index contributed by atoms with van der Waals surface area (Å²) in [5, 5.41) is 2.89. The van der Waals surface area contributed by atoms with Gasteiger partial charge in [0.25, 0.3) is 0 Å². The minimum absolute atomic E-state index is 0.0608. The number of nitrogens with one attached hydrogen (secondary N) is 1. The van der Waals surface area contributed by atoms with E-state index >= 15 is 0 Å². The van der Waals surface area contributed by atoms with Crippen LogP contribution in [0.4, 0.5) is 8.78 Å². The first-order valence-electron chi connectivity index (χ1n) is 7.59. The maximum atomic E-state index is 12.0. The molecule has 1 fully saturated rings. The Morgan fingerprint density at radius 3 is 2.73 bits per heavy atom. The van der Waals surface area contributed by atoms with Crippen LogP contribution < -0.4 is 10.1 Å². The highest BCUT2D eigenvalue weighted by molar-refractivity contribution is 5.78. The zero-order chi connectivity index (χ0) is 15.9. The van der Waals surface area contributed by atoms with Crippen LogP contribution in [0.3, 0.4) is 0 Å². The van der Waals surface area contributed by atoms with Crippen molar-refractivity contribution in [1.82, 2.24) is 10.2 Å². The van der Waals surface area contributed by atoms with Gasteiger partial charge in [0, 0.05) is 19.1 Å². The van der Waals surface area contributed by atoms with Crippen LogP contribution in [-0.2, 0) is 11.2 Å². The van der Waals surface area contributed by atoms with E-state index in [-0.39, 0.29) is 18.1 Å². The Kier molecular flexibility index (Phi) is 6.12. The zero-order valence-corrected chi connectivity index (χ0v) is 12.7. The lowest BCUT2D eigenvalue weighted by Gasteiger charge is -2.20. The molecule has 1 aromatic carbocycles. The fourth-order valence-electron chi connectivity index (χ4n) is 2.70. The van der Waals surface area contributed by atoms with Crippen LogP contribution in [0.15, 0.2) is 24.3 Å². The normalized spacial score (nSPS) is 18.6. The number of amides is 1. The van der Waals surface area contributed by atoms with Crippen molar-refractivity contribution < 1.29 is 18.3 Å². The quantitative estimate of drug-likeness (QED) is 0.841. The molecule has 0 bridgehead atoms. The number of alkyl halides is 2. The molecule has 22 heavy (non-hydrogen) atoms. The molecule has 2 rings (SSSR count). The Balaban J connectivity index is 1.70. The number of hydrogen-bond acceptors (Lipinski definition) is 3. The minimum Gasteiger partial charge on any atom is -0.435 e. The monoisotopic (exact) mass is 312 g/mol. The summed E-state index contributed by atoms with van der Waals surface area (Å²) in [6.07, 6.45) is 2.69. The molecular formula is C16H22F2N2O2. The topological polar surface area (TPSA) is 41.6 Å². The van der Waals surface area contributed by atoms with Crippen molar-refractivity contribution in [1.29, 1.82) is 0 Å². The van der Waals surface area contributed by atoms with Gasteiger partial charge >= 0.3 is 6.61 Å². The average molecular weight is 312 g/mol. The van der Waals surface area contributed by atoms with Gasteiger partial charge in [-0.2, -0.15) is 8.78 Å². The van der Waals surface area contributed by atoms with Crippen LogP contribution in [-0.4, -0.2) is 43.1 Å². The average Bonchev–Trinajstić information content (AvgIpc) is 2.86. The number of likely N-dealkylation sites (tertiary alicyclic amines) is 1. The molecule has 1 aliphatic rings. The Morgan fingerprint density at radius 1 is 1.41 bits per heavy atom. The van der Waals surface area contributed by atoms with Crippen LogP contribution in [0.5, 0.6) is 5.75 Å². The maximum Gasteiger partial charge on any atom is 0.387 e. The molecule has 1 N–H and O–H groups in total. The third-order valence-electron chi connectivity index (χ3n) is 3.92. The predicted molar refractivity (Wildman–Crippen MR) is 80.1 cm³/mol. The van der Waals surface area contributed by atoms with E-state index in [1.807, 2.05) is 0 Å². The molecule has 0 aromatic heterocycles. The second-order valence-electron chi connectivity index (χ2n) is 5.58. The number of rotatable bonds is 7. The summed E-state index contributed by atoms with van der Waals surface area (Å²) < 4.78 is 28.3. The van der Waals surface area contributed by atoms with E-state index in [9.17, 15) is 13.6 Å². The SMILES string of the molecule is C[C@H]1CCCN1CCNC(=O)Cc1ccc(OC(F)F)cc1. The number of hydrogen-bond donors (Lipinski definition) is 1. The third-order valence-corrected chi connectivity index (χ3v) is 3.92. The summed E-state index contributed by atoms with van der Waals surface area (Å²) in [4.78, 5) is 14.2. The van der Waals surface area contributed by atoms with Crippen LogP contribution >= 0.6 is 0 Å². The molecule has 0 unspecified atom stereocenters. The molecule has 0 saturated carbocycles. The van der Waals surface area contributed by atoms with Crippen molar-refractivity contribution in [2.45, 2.75) is 38.8 Å². The van der Waals surface area contributed by atoms with Crippen molar-refractivity contribution in [2.24, 2.45) is 0 Å². The molecule has 1 atom stereocenters. The Hall–Kier alpha value is -1.69. The lowest BCUT2D eigenvalue weighted by molar-refractivity contribution is -0.120. The Morgan fingerprint density at radius 2 is 2.14 bits per heavy atom. The van der Waals surface area contributed by atoms with E-state index in [4.69, 9.17) is 0 Å². The van der Waals surface area contributed by atoms with E-state index in [1.54, 1.807) is 12.1 Å². The molecule has 1 aliphatic heterocycles. The van der Waals surface area contributed by atoms with E-state index in [0.29, 0.717) is 12.6 Å². The van der Waals surface area contributed by atoms with E-state index < -0.39 is 6.61 Å². The van der Waals surface area contributed by atoms with Crippen LogP contribution in [0, 0.1) is 0 Å². The van der Waals surface area contributed by atoms with Crippen molar-refractivity contribution in [2.75, 3.05) is 19.6 Å². The molecule has 122 valence electrons. The summed E-state index contributed by atoms with van der Waals surface area (Å²) in [7, 11) is 0. The fourth-order valence-corrected chi connectivity index (χ4v) is 2.70. The number of nitrogens with zero attached hydrogens (tertiary/aromatic N) is 1. The van der Waals surface area contributed by atoms with Gasteiger partial charge in [-0.1, -0.05) is 12.1 Å². The van der Waals surface area contributed by atoms with Crippen molar-refractivity contribution >= 4 is 5.91 Å². The second kappa shape index (κ2) is 8.08.